The number of thioether (sulfide) groups is 1. The smallest absolute Gasteiger partial charge is 0.416 e. The van der Waals surface area contributed by atoms with E-state index in [9.17, 15) is 27.9 Å². The molecule has 1 aromatic carbocycles. The molecule has 0 N–H and O–H groups in total. The number of halogens is 3. The van der Waals surface area contributed by atoms with Crippen LogP contribution in [-0.4, -0.2) is 28.6 Å². The molecule has 1 fully saturated rings. The lowest BCUT2D eigenvalue weighted by Gasteiger charge is -2.31. The molecular weight excluding hydrogens is 307 g/mol. The summed E-state index contributed by atoms with van der Waals surface area (Å²) in [7, 11) is 0. The Hall–Kier alpha value is -1.70. The largest absolute Gasteiger partial charge is 0.548 e. The predicted molar refractivity (Wildman–Crippen MR) is 68.0 cm³/mol. The van der Waals surface area contributed by atoms with Crippen molar-refractivity contribution >= 4 is 23.6 Å². The fourth-order valence-electron chi connectivity index (χ4n) is 2.06. The van der Waals surface area contributed by atoms with Crippen LogP contribution >= 0.6 is 11.8 Å². The first-order chi connectivity index (χ1) is 9.71. The molecule has 2 atom stereocenters. The molecule has 1 aromatic rings. The third kappa shape index (κ3) is 3.15. The van der Waals surface area contributed by atoms with E-state index in [1.807, 2.05) is 0 Å². The highest BCUT2D eigenvalue weighted by molar-refractivity contribution is 8.00. The van der Waals surface area contributed by atoms with Gasteiger partial charge in [-0.25, -0.2) is 0 Å². The zero-order chi connectivity index (χ0) is 15.8. The van der Waals surface area contributed by atoms with Crippen LogP contribution < -0.4 is 5.11 Å². The number of benzene rings is 1. The summed E-state index contributed by atoms with van der Waals surface area (Å²) >= 11 is 1.17. The molecule has 114 valence electrons. The number of aliphatic carboxylic acids is 1. The molecule has 0 unspecified atom stereocenters. The number of rotatable bonds is 3. The van der Waals surface area contributed by atoms with Gasteiger partial charge in [-0.05, 0) is 24.6 Å². The normalized spacial score (nSPS) is 20.7. The minimum absolute atomic E-state index is 0.0866. The molecule has 1 aliphatic rings. The number of hydrogen-bond acceptors (Lipinski definition) is 4. The first-order valence-corrected chi connectivity index (χ1v) is 7.07. The zero-order valence-electron chi connectivity index (χ0n) is 10.9. The van der Waals surface area contributed by atoms with E-state index in [0.717, 1.165) is 17.0 Å². The van der Waals surface area contributed by atoms with Crippen LogP contribution in [0.5, 0.6) is 0 Å². The lowest BCUT2D eigenvalue weighted by Crippen LogP contribution is -2.47. The highest BCUT2D eigenvalue weighted by atomic mass is 32.2. The van der Waals surface area contributed by atoms with E-state index in [2.05, 4.69) is 0 Å². The van der Waals surface area contributed by atoms with Gasteiger partial charge in [0.1, 0.15) is 5.37 Å². The summed E-state index contributed by atoms with van der Waals surface area (Å²) in [5.74, 6) is -1.69. The van der Waals surface area contributed by atoms with Gasteiger partial charge in [0.2, 0.25) is 5.91 Å². The summed E-state index contributed by atoms with van der Waals surface area (Å²) in [5.41, 5.74) is -0.341. The fraction of sp³-hybridized carbons (Fsp3) is 0.385. The Labute approximate surface area is 122 Å². The lowest BCUT2D eigenvalue weighted by molar-refractivity contribution is -0.310. The van der Waals surface area contributed by atoms with Crippen molar-refractivity contribution in [1.29, 1.82) is 0 Å². The molecular formula is C13H11F3NO3S-. The SMILES string of the molecule is C[C@@H](C(=O)[O-])N1C(=O)CS[C@H]1c1ccc(C(F)(F)F)cc1. The van der Waals surface area contributed by atoms with Gasteiger partial charge in [-0.1, -0.05) is 12.1 Å². The fourth-order valence-corrected chi connectivity index (χ4v) is 3.32. The van der Waals surface area contributed by atoms with E-state index in [1.165, 1.54) is 30.8 Å². The molecule has 1 amide bonds. The molecule has 0 aliphatic carbocycles. The van der Waals surface area contributed by atoms with Crippen LogP contribution in [0.1, 0.15) is 23.4 Å². The Bertz CT molecular complexity index is 559. The molecule has 2 rings (SSSR count). The van der Waals surface area contributed by atoms with Gasteiger partial charge in [0, 0.05) is 0 Å². The number of carboxylic acid groups (broad SMARTS) is 1. The summed E-state index contributed by atoms with van der Waals surface area (Å²) in [4.78, 5) is 23.8. The summed E-state index contributed by atoms with van der Waals surface area (Å²) in [6.07, 6.45) is -4.44. The van der Waals surface area contributed by atoms with Crippen LogP contribution in [0.15, 0.2) is 24.3 Å². The maximum atomic E-state index is 12.5. The minimum Gasteiger partial charge on any atom is -0.548 e. The first kappa shape index (κ1) is 15.7. The van der Waals surface area contributed by atoms with E-state index < -0.39 is 29.1 Å². The number of carbonyl (C=O) groups is 2. The van der Waals surface area contributed by atoms with E-state index >= 15 is 0 Å². The highest BCUT2D eigenvalue weighted by Crippen LogP contribution is 2.40. The Morgan fingerprint density at radius 3 is 2.43 bits per heavy atom. The molecule has 1 heterocycles. The molecule has 4 nitrogen and oxygen atoms in total. The molecule has 1 saturated heterocycles. The third-order valence-corrected chi connectivity index (χ3v) is 4.42. The third-order valence-electron chi connectivity index (χ3n) is 3.19. The zero-order valence-corrected chi connectivity index (χ0v) is 11.7. The number of hydrogen-bond donors (Lipinski definition) is 0. The van der Waals surface area contributed by atoms with E-state index in [0.29, 0.717) is 5.56 Å². The molecule has 0 saturated carbocycles. The predicted octanol–water partition coefficient (Wildman–Crippen LogP) is 1.42. The molecule has 0 spiro atoms. The van der Waals surface area contributed by atoms with Crippen LogP contribution in [0.4, 0.5) is 13.2 Å². The van der Waals surface area contributed by atoms with Crippen molar-refractivity contribution in [3.05, 3.63) is 35.4 Å². The molecule has 1 aliphatic heterocycles. The Balaban J connectivity index is 2.28. The number of alkyl halides is 3. The standard InChI is InChI=1S/C13H12F3NO3S/c1-7(12(19)20)17-10(18)6-21-11(17)8-2-4-9(5-3-8)13(14,15)16/h2-5,7,11H,6H2,1H3,(H,19,20)/p-1/t7-,11-/m0/s1. The van der Waals surface area contributed by atoms with Gasteiger partial charge in [0.05, 0.1) is 23.3 Å². The second kappa shape index (κ2) is 5.59. The van der Waals surface area contributed by atoms with Gasteiger partial charge in [-0.15, -0.1) is 11.8 Å². The van der Waals surface area contributed by atoms with E-state index in [4.69, 9.17) is 0 Å². The Morgan fingerprint density at radius 2 is 1.95 bits per heavy atom. The van der Waals surface area contributed by atoms with Gasteiger partial charge >= 0.3 is 6.18 Å². The summed E-state index contributed by atoms with van der Waals surface area (Å²) in [6.45, 7) is 1.32. The maximum Gasteiger partial charge on any atom is 0.416 e. The maximum absolute atomic E-state index is 12.5. The monoisotopic (exact) mass is 318 g/mol. The van der Waals surface area contributed by atoms with Crippen molar-refractivity contribution in [3.8, 4) is 0 Å². The average molecular weight is 318 g/mol. The Kier molecular flexibility index (Phi) is 4.18. The van der Waals surface area contributed by atoms with Crippen LogP contribution in [0.3, 0.4) is 0 Å². The van der Waals surface area contributed by atoms with E-state index in [-0.39, 0.29) is 11.7 Å². The molecule has 8 heteroatoms. The van der Waals surface area contributed by atoms with Crippen molar-refractivity contribution < 1.29 is 27.9 Å². The number of carbonyl (C=O) groups excluding carboxylic acids is 2. The van der Waals surface area contributed by atoms with Crippen LogP contribution in [-0.2, 0) is 15.8 Å². The van der Waals surface area contributed by atoms with Gasteiger partial charge in [-0.2, -0.15) is 13.2 Å². The van der Waals surface area contributed by atoms with Gasteiger partial charge in [-0.3, -0.25) is 4.79 Å². The van der Waals surface area contributed by atoms with Crippen molar-refractivity contribution in [2.24, 2.45) is 0 Å². The summed E-state index contributed by atoms with van der Waals surface area (Å²) in [5, 5.41) is 10.3. The second-order valence-corrected chi connectivity index (χ2v) is 5.65. The number of nitrogens with zero attached hydrogens (tertiary/aromatic N) is 1. The topological polar surface area (TPSA) is 60.4 Å². The second-order valence-electron chi connectivity index (χ2n) is 4.58. The summed E-state index contributed by atoms with van der Waals surface area (Å²) < 4.78 is 37.5. The van der Waals surface area contributed by atoms with Crippen LogP contribution in [0.2, 0.25) is 0 Å². The number of amides is 1. The van der Waals surface area contributed by atoms with Gasteiger partial charge < -0.3 is 14.8 Å². The minimum atomic E-state index is -4.44. The first-order valence-electron chi connectivity index (χ1n) is 6.02. The van der Waals surface area contributed by atoms with Crippen molar-refractivity contribution in [2.45, 2.75) is 24.5 Å². The lowest BCUT2D eigenvalue weighted by atomic mass is 10.1. The number of carboxylic acids is 1. The van der Waals surface area contributed by atoms with Crippen LogP contribution in [0.25, 0.3) is 0 Å². The van der Waals surface area contributed by atoms with E-state index in [1.54, 1.807) is 0 Å². The van der Waals surface area contributed by atoms with Crippen molar-refractivity contribution in [1.82, 2.24) is 4.90 Å². The molecule has 21 heavy (non-hydrogen) atoms. The van der Waals surface area contributed by atoms with Crippen LogP contribution in [0, 0.1) is 0 Å². The van der Waals surface area contributed by atoms with Crippen molar-refractivity contribution in [3.63, 3.8) is 0 Å². The molecule has 0 radical (unpaired) electrons. The van der Waals surface area contributed by atoms with Crippen molar-refractivity contribution in [2.75, 3.05) is 5.75 Å². The Morgan fingerprint density at radius 1 is 1.38 bits per heavy atom. The molecule has 0 bridgehead atoms. The van der Waals surface area contributed by atoms with Gasteiger partial charge in [0.15, 0.2) is 0 Å². The highest BCUT2D eigenvalue weighted by Gasteiger charge is 2.37. The van der Waals surface area contributed by atoms with Gasteiger partial charge in [0.25, 0.3) is 0 Å². The average Bonchev–Trinajstić information content (AvgIpc) is 2.78. The summed E-state index contributed by atoms with van der Waals surface area (Å²) in [6, 6.07) is 3.21. The quantitative estimate of drug-likeness (QED) is 0.846. The molecule has 0 aromatic heterocycles.